The molecule has 0 saturated heterocycles. The molecule has 0 bridgehead atoms. The summed E-state index contributed by atoms with van der Waals surface area (Å²) in [6.45, 7) is 4.56. The first kappa shape index (κ1) is 32.9. The van der Waals surface area contributed by atoms with E-state index in [9.17, 15) is 35.6 Å². The lowest BCUT2D eigenvalue weighted by atomic mass is 10.1. The molecule has 1 amide bonds. The van der Waals surface area contributed by atoms with Gasteiger partial charge in [-0.15, -0.1) is 13.2 Å². The number of ether oxygens (including phenoxy) is 2. The molecule has 0 aliphatic carbocycles. The fourth-order valence-electron chi connectivity index (χ4n) is 3.65. The average Bonchev–Trinajstić information content (AvgIpc) is 2.87. The summed E-state index contributed by atoms with van der Waals surface area (Å²) in [7, 11) is -1.97. The number of aromatic nitrogens is 1. The van der Waals surface area contributed by atoms with E-state index in [0.29, 0.717) is 3.57 Å². The molecule has 1 heterocycles. The standard InChI is InChI=1S/C25H26F4IN5O6S/c1-12(2)32-23(36)19-20(13(3)24(37)35(5)22(19)33-16-10-9-14(30)11-15(16)26)40-18-8-6-7-17(34-42(38,39)31-4)21(18)41-25(27,28)29/h6-12,31,33-34H,1-5H3,(H,32,36). The Labute approximate surface area is 251 Å². The van der Waals surface area contributed by atoms with Crippen LogP contribution in [0.5, 0.6) is 17.2 Å². The number of nitrogens with one attached hydrogen (secondary N) is 4. The number of nitrogens with zero attached hydrogens (tertiary/aromatic N) is 1. The van der Waals surface area contributed by atoms with Crippen molar-refractivity contribution in [3.63, 3.8) is 0 Å². The van der Waals surface area contributed by atoms with Crippen LogP contribution in [0.4, 0.5) is 34.8 Å². The third-order valence-electron chi connectivity index (χ3n) is 5.52. The third kappa shape index (κ3) is 7.82. The molecule has 0 spiro atoms. The zero-order valence-corrected chi connectivity index (χ0v) is 25.7. The number of halogens is 5. The molecule has 0 fully saturated rings. The third-order valence-corrected chi connectivity index (χ3v) is 7.22. The van der Waals surface area contributed by atoms with Gasteiger partial charge in [0.15, 0.2) is 17.2 Å². The van der Waals surface area contributed by atoms with Crippen molar-refractivity contribution >= 4 is 55.9 Å². The fraction of sp³-hybridized carbons (Fsp3) is 0.280. The summed E-state index contributed by atoms with van der Waals surface area (Å²) in [6, 6.07) is 6.88. The molecule has 0 atom stereocenters. The summed E-state index contributed by atoms with van der Waals surface area (Å²) < 4.78 is 94.5. The summed E-state index contributed by atoms with van der Waals surface area (Å²) in [5.74, 6) is -4.02. The van der Waals surface area contributed by atoms with Gasteiger partial charge in [0.2, 0.25) is 0 Å². The molecule has 0 saturated carbocycles. The van der Waals surface area contributed by atoms with Gasteiger partial charge in [-0.05, 0) is 73.7 Å². The van der Waals surface area contributed by atoms with E-state index in [4.69, 9.17) is 4.74 Å². The van der Waals surface area contributed by atoms with E-state index in [1.54, 1.807) is 19.9 Å². The van der Waals surface area contributed by atoms with E-state index in [-0.39, 0.29) is 22.6 Å². The molecule has 0 aliphatic rings. The monoisotopic (exact) mass is 727 g/mol. The van der Waals surface area contributed by atoms with Crippen molar-refractivity contribution < 1.29 is 40.2 Å². The number of hydrogen-bond donors (Lipinski definition) is 4. The van der Waals surface area contributed by atoms with Gasteiger partial charge in [0.05, 0.1) is 16.9 Å². The average molecular weight is 727 g/mol. The number of carbonyl (C=O) groups is 1. The topological polar surface area (TPSA) is 140 Å². The van der Waals surface area contributed by atoms with E-state index in [2.05, 4.69) is 15.4 Å². The zero-order chi connectivity index (χ0) is 31.6. The number of amides is 1. The van der Waals surface area contributed by atoms with Gasteiger partial charge in [-0.3, -0.25) is 18.9 Å². The van der Waals surface area contributed by atoms with Crippen molar-refractivity contribution in [2.45, 2.75) is 33.2 Å². The summed E-state index contributed by atoms with van der Waals surface area (Å²) in [5.41, 5.74) is -2.04. The van der Waals surface area contributed by atoms with Crippen molar-refractivity contribution in [1.82, 2.24) is 14.6 Å². The van der Waals surface area contributed by atoms with Gasteiger partial charge in [-0.2, -0.15) is 8.42 Å². The van der Waals surface area contributed by atoms with Gasteiger partial charge < -0.3 is 20.1 Å². The van der Waals surface area contributed by atoms with Crippen molar-refractivity contribution in [1.29, 1.82) is 0 Å². The number of anilines is 3. The van der Waals surface area contributed by atoms with Gasteiger partial charge in [-0.1, -0.05) is 6.07 Å². The lowest BCUT2D eigenvalue weighted by Gasteiger charge is -2.23. The molecule has 0 radical (unpaired) electrons. The summed E-state index contributed by atoms with van der Waals surface area (Å²) in [6.07, 6.45) is -5.30. The predicted molar refractivity (Wildman–Crippen MR) is 156 cm³/mol. The van der Waals surface area contributed by atoms with Crippen molar-refractivity contribution in [3.05, 3.63) is 67.3 Å². The molecule has 17 heteroatoms. The Morgan fingerprint density at radius 2 is 1.76 bits per heavy atom. The Balaban J connectivity index is 2.33. The Kier molecular flexibility index (Phi) is 9.99. The first-order valence-corrected chi connectivity index (χ1v) is 14.5. The van der Waals surface area contributed by atoms with Crippen LogP contribution in [0, 0.1) is 16.3 Å². The lowest BCUT2D eigenvalue weighted by molar-refractivity contribution is -0.274. The zero-order valence-electron chi connectivity index (χ0n) is 22.7. The van der Waals surface area contributed by atoms with Crippen LogP contribution in [0.15, 0.2) is 41.2 Å². The molecule has 2 aromatic carbocycles. The van der Waals surface area contributed by atoms with Gasteiger partial charge in [0.1, 0.15) is 17.2 Å². The van der Waals surface area contributed by atoms with Gasteiger partial charge in [0.25, 0.3) is 21.7 Å². The molecule has 0 unspecified atom stereocenters. The molecular weight excluding hydrogens is 701 g/mol. The van der Waals surface area contributed by atoms with Crippen molar-refractivity contribution in [2.24, 2.45) is 7.05 Å². The highest BCUT2D eigenvalue weighted by Gasteiger charge is 2.35. The number of pyridine rings is 1. The number of para-hydroxylation sites is 1. The highest BCUT2D eigenvalue weighted by Crippen LogP contribution is 2.43. The normalized spacial score (nSPS) is 11.8. The summed E-state index contributed by atoms with van der Waals surface area (Å²) >= 11 is 1.90. The Bertz CT molecular complexity index is 1680. The maximum absolute atomic E-state index is 14.8. The number of alkyl halides is 3. The minimum absolute atomic E-state index is 0.108. The van der Waals surface area contributed by atoms with Crippen LogP contribution in [0.2, 0.25) is 0 Å². The lowest BCUT2D eigenvalue weighted by Crippen LogP contribution is -2.34. The summed E-state index contributed by atoms with van der Waals surface area (Å²) in [4.78, 5) is 26.7. The van der Waals surface area contributed by atoms with Crippen LogP contribution in [0.3, 0.4) is 0 Å². The van der Waals surface area contributed by atoms with Gasteiger partial charge in [-0.25, -0.2) is 9.11 Å². The second-order valence-corrected chi connectivity index (χ2v) is 11.9. The van der Waals surface area contributed by atoms with Crippen LogP contribution in [0.1, 0.15) is 29.8 Å². The molecule has 42 heavy (non-hydrogen) atoms. The Hall–Kier alpha value is -3.58. The first-order chi connectivity index (χ1) is 19.4. The van der Waals surface area contributed by atoms with Crippen LogP contribution < -0.4 is 35.1 Å². The molecule has 228 valence electrons. The number of benzene rings is 2. The van der Waals surface area contributed by atoms with Crippen LogP contribution in [0.25, 0.3) is 0 Å². The minimum atomic E-state index is -5.30. The van der Waals surface area contributed by atoms with E-state index in [0.717, 1.165) is 29.8 Å². The first-order valence-electron chi connectivity index (χ1n) is 12.0. The van der Waals surface area contributed by atoms with E-state index in [1.807, 2.05) is 32.0 Å². The van der Waals surface area contributed by atoms with Gasteiger partial charge >= 0.3 is 6.36 Å². The molecule has 3 aromatic rings. The number of carbonyl (C=O) groups excluding carboxylic acids is 1. The molecule has 11 nitrogen and oxygen atoms in total. The molecular formula is C25H26F4IN5O6S. The van der Waals surface area contributed by atoms with E-state index < -0.39 is 62.8 Å². The van der Waals surface area contributed by atoms with Crippen LogP contribution >= 0.6 is 22.6 Å². The second kappa shape index (κ2) is 12.7. The fourth-order valence-corrected chi connectivity index (χ4v) is 4.66. The SMILES string of the molecule is CNS(=O)(=O)Nc1cccc(Oc2c(C(=O)NC(C)C)c(Nc3ccc(I)cc3F)n(C)c(=O)c2C)c1OC(F)(F)F. The minimum Gasteiger partial charge on any atom is -0.452 e. The summed E-state index contributed by atoms with van der Waals surface area (Å²) in [5, 5.41) is 5.35. The van der Waals surface area contributed by atoms with Gasteiger partial charge in [0, 0.05) is 23.7 Å². The maximum Gasteiger partial charge on any atom is 0.573 e. The predicted octanol–water partition coefficient (Wildman–Crippen LogP) is 4.89. The quantitative estimate of drug-likeness (QED) is 0.173. The Morgan fingerprint density at radius 1 is 1.10 bits per heavy atom. The number of rotatable bonds is 10. The van der Waals surface area contributed by atoms with Crippen molar-refractivity contribution in [3.8, 4) is 17.2 Å². The molecule has 1 aromatic heterocycles. The molecule has 0 aliphatic heterocycles. The smallest absolute Gasteiger partial charge is 0.452 e. The second-order valence-electron chi connectivity index (χ2n) is 9.01. The van der Waals surface area contributed by atoms with E-state index >= 15 is 0 Å². The van der Waals surface area contributed by atoms with Crippen LogP contribution in [-0.4, -0.2) is 38.3 Å². The van der Waals surface area contributed by atoms with E-state index in [1.165, 1.54) is 26.1 Å². The maximum atomic E-state index is 14.8. The Morgan fingerprint density at radius 3 is 2.33 bits per heavy atom. The molecule has 4 N–H and O–H groups in total. The number of hydrogen-bond acceptors (Lipinski definition) is 7. The van der Waals surface area contributed by atoms with Crippen LogP contribution in [-0.2, 0) is 17.3 Å². The van der Waals surface area contributed by atoms with Crippen molar-refractivity contribution in [2.75, 3.05) is 17.1 Å². The highest BCUT2D eigenvalue weighted by atomic mass is 127. The largest absolute Gasteiger partial charge is 0.573 e. The molecule has 3 rings (SSSR count). The highest BCUT2D eigenvalue weighted by molar-refractivity contribution is 14.1.